The molecule has 0 aromatic heterocycles. The number of fused-ring (bicyclic) bond motifs is 1. The number of nitrogens with one attached hydrogen (secondary N) is 1. The van der Waals surface area contributed by atoms with E-state index in [9.17, 15) is 9.59 Å². The predicted molar refractivity (Wildman–Crippen MR) is 131 cm³/mol. The van der Waals surface area contributed by atoms with E-state index < -0.39 is 11.8 Å². The van der Waals surface area contributed by atoms with Crippen molar-refractivity contribution in [2.24, 2.45) is 0 Å². The van der Waals surface area contributed by atoms with E-state index in [4.69, 9.17) is 16.3 Å². The van der Waals surface area contributed by atoms with Gasteiger partial charge in [-0.1, -0.05) is 60.1 Å². The number of benzene rings is 4. The topological polar surface area (TPSA) is 58.6 Å². The molecule has 0 aliphatic carbocycles. The molecule has 1 heterocycles. The lowest BCUT2D eigenvalue weighted by Gasteiger charge is -2.16. The van der Waals surface area contributed by atoms with Crippen molar-refractivity contribution >= 4 is 51.1 Å². The molecule has 0 radical (unpaired) electrons. The quantitative estimate of drug-likeness (QED) is 0.381. The Kier molecular flexibility index (Phi) is 5.32. The van der Waals surface area contributed by atoms with Gasteiger partial charge in [0.05, 0.1) is 18.4 Å². The molecule has 0 saturated heterocycles. The molecule has 0 unspecified atom stereocenters. The first-order valence-electron chi connectivity index (χ1n) is 10.3. The Morgan fingerprint density at radius 3 is 2.21 bits per heavy atom. The number of anilines is 2. The van der Waals surface area contributed by atoms with Gasteiger partial charge in [0.15, 0.2) is 0 Å². The lowest BCUT2D eigenvalue weighted by atomic mass is 10.0. The van der Waals surface area contributed by atoms with Crippen LogP contribution in [0.5, 0.6) is 5.75 Å². The fourth-order valence-electron chi connectivity index (χ4n) is 3.96. The summed E-state index contributed by atoms with van der Waals surface area (Å²) in [5.41, 5.74) is 2.33. The fraction of sp³-hybridized carbons (Fsp3) is 0.0370. The highest BCUT2D eigenvalue weighted by molar-refractivity contribution is 6.46. The van der Waals surface area contributed by atoms with Crippen LogP contribution in [0.15, 0.2) is 96.7 Å². The zero-order valence-electron chi connectivity index (χ0n) is 17.7. The van der Waals surface area contributed by atoms with Gasteiger partial charge in [-0.3, -0.25) is 9.59 Å². The van der Waals surface area contributed by atoms with Crippen LogP contribution in [0, 0.1) is 0 Å². The van der Waals surface area contributed by atoms with Crippen molar-refractivity contribution in [3.8, 4) is 5.75 Å². The van der Waals surface area contributed by atoms with Crippen LogP contribution in [-0.4, -0.2) is 18.9 Å². The SMILES string of the molecule is COc1ccc(C2=C(Nc3cccc4ccccc34)C(=O)N(c3ccc(Cl)cc3)C2=O)cc1. The molecule has 0 spiro atoms. The van der Waals surface area contributed by atoms with Crippen LogP contribution in [-0.2, 0) is 9.59 Å². The van der Waals surface area contributed by atoms with Gasteiger partial charge < -0.3 is 10.1 Å². The maximum Gasteiger partial charge on any atom is 0.282 e. The monoisotopic (exact) mass is 454 g/mol. The van der Waals surface area contributed by atoms with Gasteiger partial charge in [-0.2, -0.15) is 0 Å². The van der Waals surface area contributed by atoms with Crippen LogP contribution < -0.4 is 15.0 Å². The van der Waals surface area contributed by atoms with Crippen molar-refractivity contribution in [1.29, 1.82) is 0 Å². The maximum absolute atomic E-state index is 13.6. The molecule has 0 saturated carbocycles. The van der Waals surface area contributed by atoms with Gasteiger partial charge in [-0.15, -0.1) is 0 Å². The molecule has 33 heavy (non-hydrogen) atoms. The number of hydrogen-bond acceptors (Lipinski definition) is 4. The lowest BCUT2D eigenvalue weighted by molar-refractivity contribution is -0.120. The second kappa shape index (κ2) is 8.45. The first-order chi connectivity index (χ1) is 16.1. The van der Waals surface area contributed by atoms with Gasteiger partial charge in [0.2, 0.25) is 0 Å². The normalized spacial score (nSPS) is 13.7. The molecular formula is C27H19ClN2O3. The summed E-state index contributed by atoms with van der Waals surface area (Å²) in [7, 11) is 1.58. The summed E-state index contributed by atoms with van der Waals surface area (Å²) in [5.74, 6) is -0.175. The zero-order valence-corrected chi connectivity index (χ0v) is 18.5. The Balaban J connectivity index is 1.64. The van der Waals surface area contributed by atoms with E-state index in [2.05, 4.69) is 5.32 Å². The van der Waals surface area contributed by atoms with Crippen molar-refractivity contribution in [3.05, 3.63) is 107 Å². The van der Waals surface area contributed by atoms with Gasteiger partial charge in [-0.05, 0) is 53.4 Å². The Hall–Kier alpha value is -4.09. The van der Waals surface area contributed by atoms with E-state index in [1.54, 1.807) is 55.6 Å². The summed E-state index contributed by atoms with van der Waals surface area (Å²) in [6.07, 6.45) is 0. The predicted octanol–water partition coefficient (Wildman–Crippen LogP) is 5.90. The van der Waals surface area contributed by atoms with Crippen molar-refractivity contribution in [2.45, 2.75) is 0 Å². The van der Waals surface area contributed by atoms with Gasteiger partial charge >= 0.3 is 0 Å². The molecule has 6 heteroatoms. The Morgan fingerprint density at radius 1 is 0.788 bits per heavy atom. The molecule has 0 bridgehead atoms. The van der Waals surface area contributed by atoms with Crippen molar-refractivity contribution in [3.63, 3.8) is 0 Å². The van der Waals surface area contributed by atoms with Crippen molar-refractivity contribution in [2.75, 3.05) is 17.3 Å². The smallest absolute Gasteiger partial charge is 0.282 e. The number of rotatable bonds is 5. The number of amides is 2. The maximum atomic E-state index is 13.6. The minimum atomic E-state index is -0.430. The van der Waals surface area contributed by atoms with Crippen LogP contribution in [0.25, 0.3) is 16.3 Å². The molecule has 0 atom stereocenters. The third kappa shape index (κ3) is 3.73. The van der Waals surface area contributed by atoms with E-state index in [1.807, 2.05) is 42.5 Å². The molecule has 0 fully saturated rings. The molecule has 1 aliphatic heterocycles. The summed E-state index contributed by atoms with van der Waals surface area (Å²) >= 11 is 6.01. The second-order valence-electron chi connectivity index (χ2n) is 7.55. The molecule has 1 aliphatic rings. The van der Waals surface area contributed by atoms with Crippen molar-refractivity contribution in [1.82, 2.24) is 0 Å². The summed E-state index contributed by atoms with van der Waals surface area (Å²) in [4.78, 5) is 28.3. The standard InChI is InChI=1S/C27H19ClN2O3/c1-33-21-15-9-18(10-16-21)24-25(29-23-8-4-6-17-5-2-3-7-22(17)23)27(32)30(26(24)31)20-13-11-19(28)12-14-20/h2-16,29H,1H3. The summed E-state index contributed by atoms with van der Waals surface area (Å²) < 4.78 is 5.25. The van der Waals surface area contributed by atoms with Gasteiger partial charge in [-0.25, -0.2) is 4.90 Å². The number of halogens is 1. The fourth-order valence-corrected chi connectivity index (χ4v) is 4.09. The Bertz CT molecular complexity index is 1400. The molecule has 4 aromatic carbocycles. The average molecular weight is 455 g/mol. The third-order valence-electron chi connectivity index (χ3n) is 5.60. The highest BCUT2D eigenvalue weighted by atomic mass is 35.5. The number of carbonyl (C=O) groups is 2. The van der Waals surface area contributed by atoms with Gasteiger partial charge in [0, 0.05) is 16.1 Å². The lowest BCUT2D eigenvalue weighted by Crippen LogP contribution is -2.32. The highest BCUT2D eigenvalue weighted by Crippen LogP contribution is 2.36. The minimum Gasteiger partial charge on any atom is -0.497 e. The molecule has 162 valence electrons. The van der Waals surface area contributed by atoms with Crippen LogP contribution in [0.4, 0.5) is 11.4 Å². The molecule has 5 rings (SSSR count). The van der Waals surface area contributed by atoms with Crippen LogP contribution in [0.1, 0.15) is 5.56 Å². The van der Waals surface area contributed by atoms with E-state index in [0.717, 1.165) is 16.5 Å². The molecule has 1 N–H and O–H groups in total. The number of hydrogen-bond donors (Lipinski definition) is 1. The van der Waals surface area contributed by atoms with Gasteiger partial charge in [0.1, 0.15) is 11.4 Å². The first-order valence-corrected chi connectivity index (χ1v) is 10.7. The molecular weight excluding hydrogens is 436 g/mol. The Labute approximate surface area is 195 Å². The number of carbonyl (C=O) groups excluding carboxylic acids is 2. The van der Waals surface area contributed by atoms with E-state index in [-0.39, 0.29) is 5.70 Å². The van der Waals surface area contributed by atoms with Crippen LogP contribution in [0.2, 0.25) is 5.02 Å². The van der Waals surface area contributed by atoms with E-state index in [0.29, 0.717) is 27.6 Å². The zero-order chi connectivity index (χ0) is 22.9. The average Bonchev–Trinajstić information content (AvgIpc) is 3.09. The number of methoxy groups -OCH3 is 1. The van der Waals surface area contributed by atoms with Crippen LogP contribution in [0.3, 0.4) is 0 Å². The number of nitrogens with zero attached hydrogens (tertiary/aromatic N) is 1. The molecule has 4 aromatic rings. The molecule has 2 amide bonds. The van der Waals surface area contributed by atoms with Crippen molar-refractivity contribution < 1.29 is 14.3 Å². The summed E-state index contributed by atoms with van der Waals surface area (Å²) in [6, 6.07) is 27.4. The second-order valence-corrected chi connectivity index (χ2v) is 7.99. The summed E-state index contributed by atoms with van der Waals surface area (Å²) in [5, 5.41) is 5.76. The Morgan fingerprint density at radius 2 is 1.48 bits per heavy atom. The van der Waals surface area contributed by atoms with Crippen LogP contribution >= 0.6 is 11.6 Å². The summed E-state index contributed by atoms with van der Waals surface area (Å²) in [6.45, 7) is 0. The number of imide groups is 1. The largest absolute Gasteiger partial charge is 0.497 e. The minimum absolute atomic E-state index is 0.219. The molecule has 5 nitrogen and oxygen atoms in total. The first kappa shape index (κ1) is 20.8. The third-order valence-corrected chi connectivity index (χ3v) is 5.85. The van der Waals surface area contributed by atoms with Gasteiger partial charge in [0.25, 0.3) is 11.8 Å². The van der Waals surface area contributed by atoms with E-state index in [1.165, 1.54) is 4.90 Å². The number of ether oxygens (including phenoxy) is 1. The highest BCUT2D eigenvalue weighted by Gasteiger charge is 2.40. The van der Waals surface area contributed by atoms with E-state index >= 15 is 0 Å².